The van der Waals surface area contributed by atoms with Crippen molar-refractivity contribution in [1.82, 2.24) is 0 Å². The SMILES string of the molecule is C=C(C)C(=O)OP(C)(C)(C)CCCCCCCCCCCCCC. The Labute approximate surface area is 151 Å². The molecule has 3 heteroatoms. The van der Waals surface area contributed by atoms with Crippen LogP contribution in [0.5, 0.6) is 0 Å². The third-order valence-corrected chi connectivity index (χ3v) is 7.23. The fourth-order valence-electron chi connectivity index (χ4n) is 2.92. The second-order valence-electron chi connectivity index (χ2n) is 8.74. The number of carbonyl (C=O) groups excluding carboxylic acids is 1. The molecule has 0 aromatic rings. The van der Waals surface area contributed by atoms with Crippen LogP contribution in [0.15, 0.2) is 12.2 Å². The first kappa shape index (κ1) is 23.6. The van der Waals surface area contributed by atoms with Gasteiger partial charge >= 0.3 is 138 Å². The van der Waals surface area contributed by atoms with Gasteiger partial charge in [-0.15, -0.1) is 0 Å². The van der Waals surface area contributed by atoms with Crippen molar-refractivity contribution in [2.75, 3.05) is 26.2 Å². The van der Waals surface area contributed by atoms with Gasteiger partial charge in [0.25, 0.3) is 0 Å². The van der Waals surface area contributed by atoms with Crippen molar-refractivity contribution in [2.45, 2.75) is 90.9 Å². The van der Waals surface area contributed by atoms with Crippen LogP contribution in [0.4, 0.5) is 0 Å². The van der Waals surface area contributed by atoms with Gasteiger partial charge in [-0.25, -0.2) is 0 Å². The van der Waals surface area contributed by atoms with Crippen LogP contribution in [0.1, 0.15) is 90.9 Å². The summed E-state index contributed by atoms with van der Waals surface area (Å²) in [6.45, 7) is 11.8. The predicted molar refractivity (Wildman–Crippen MR) is 112 cm³/mol. The van der Waals surface area contributed by atoms with Crippen molar-refractivity contribution in [3.8, 4) is 0 Å². The quantitative estimate of drug-likeness (QED) is 0.176. The summed E-state index contributed by atoms with van der Waals surface area (Å²) in [5.74, 6) is -0.223. The summed E-state index contributed by atoms with van der Waals surface area (Å²) >= 11 is 0. The van der Waals surface area contributed by atoms with E-state index in [4.69, 9.17) is 4.52 Å². The van der Waals surface area contributed by atoms with Gasteiger partial charge in [-0.3, -0.25) is 0 Å². The van der Waals surface area contributed by atoms with Crippen LogP contribution in [0.25, 0.3) is 0 Å². The molecule has 0 aromatic heterocycles. The van der Waals surface area contributed by atoms with E-state index in [9.17, 15) is 4.79 Å². The zero-order valence-electron chi connectivity index (χ0n) is 17.2. The molecule has 0 fully saturated rings. The van der Waals surface area contributed by atoms with Crippen LogP contribution < -0.4 is 0 Å². The van der Waals surface area contributed by atoms with Gasteiger partial charge in [0.05, 0.1) is 0 Å². The van der Waals surface area contributed by atoms with Crippen molar-refractivity contribution in [2.24, 2.45) is 0 Å². The van der Waals surface area contributed by atoms with Crippen LogP contribution >= 0.6 is 6.83 Å². The van der Waals surface area contributed by atoms with Crippen LogP contribution in [-0.2, 0) is 9.32 Å². The Morgan fingerprint density at radius 2 is 1.17 bits per heavy atom. The Morgan fingerprint density at radius 3 is 1.54 bits per heavy atom. The maximum absolute atomic E-state index is 11.8. The van der Waals surface area contributed by atoms with Crippen LogP contribution in [0.3, 0.4) is 0 Å². The van der Waals surface area contributed by atoms with Crippen LogP contribution in [0, 0.1) is 0 Å². The number of hydrogen-bond acceptors (Lipinski definition) is 2. The third kappa shape index (κ3) is 14.0. The molecule has 0 heterocycles. The van der Waals surface area contributed by atoms with Crippen LogP contribution in [-0.4, -0.2) is 32.1 Å². The first-order valence-corrected chi connectivity index (χ1v) is 13.7. The van der Waals surface area contributed by atoms with Crippen molar-refractivity contribution >= 4 is 12.8 Å². The van der Waals surface area contributed by atoms with Crippen molar-refractivity contribution in [3.63, 3.8) is 0 Å². The Kier molecular flexibility index (Phi) is 11.9. The summed E-state index contributed by atoms with van der Waals surface area (Å²) < 4.78 is 5.78. The monoisotopic (exact) mass is 358 g/mol. The van der Waals surface area contributed by atoms with E-state index in [0.717, 1.165) is 6.16 Å². The molecule has 0 saturated carbocycles. The van der Waals surface area contributed by atoms with Crippen molar-refractivity contribution in [1.29, 1.82) is 0 Å². The zero-order valence-corrected chi connectivity index (χ0v) is 18.1. The average Bonchev–Trinajstić information content (AvgIpc) is 2.47. The van der Waals surface area contributed by atoms with E-state index in [0.29, 0.717) is 5.57 Å². The van der Waals surface area contributed by atoms with Gasteiger partial charge in [0.2, 0.25) is 0 Å². The Morgan fingerprint density at radius 1 is 0.792 bits per heavy atom. The number of hydrogen-bond donors (Lipinski definition) is 0. The van der Waals surface area contributed by atoms with Crippen molar-refractivity contribution < 1.29 is 9.32 Å². The van der Waals surface area contributed by atoms with E-state index in [2.05, 4.69) is 33.5 Å². The molecule has 0 atom stereocenters. The molecule has 0 N–H and O–H groups in total. The first-order chi connectivity index (χ1) is 11.2. The fourth-order valence-corrected chi connectivity index (χ4v) is 5.09. The van der Waals surface area contributed by atoms with Crippen LogP contribution in [0.2, 0.25) is 0 Å². The fraction of sp³-hybridized carbons (Fsp3) is 0.857. The molecular formula is C21H43O2P. The molecule has 0 bridgehead atoms. The second kappa shape index (κ2) is 12.1. The van der Waals surface area contributed by atoms with E-state index in [1.807, 2.05) is 0 Å². The molecule has 24 heavy (non-hydrogen) atoms. The molecule has 0 rings (SSSR count). The van der Waals surface area contributed by atoms with Gasteiger partial charge in [-0.05, 0) is 0 Å². The number of rotatable bonds is 15. The van der Waals surface area contributed by atoms with E-state index >= 15 is 0 Å². The molecule has 0 spiro atoms. The smallest absolute Gasteiger partial charge is 0.0654 e. The second-order valence-corrected chi connectivity index (χ2v) is 15.3. The molecule has 0 amide bonds. The van der Waals surface area contributed by atoms with Gasteiger partial charge in [0.1, 0.15) is 0 Å². The molecule has 0 unspecified atom stereocenters. The molecular weight excluding hydrogens is 315 g/mol. The third-order valence-electron chi connectivity index (χ3n) is 4.54. The summed E-state index contributed by atoms with van der Waals surface area (Å²) in [5, 5.41) is 0. The minimum absolute atomic E-state index is 0.223. The number of unbranched alkanes of at least 4 members (excludes halogenated alkanes) is 11. The van der Waals surface area contributed by atoms with Gasteiger partial charge in [-0.1, -0.05) is 13.3 Å². The molecule has 0 saturated heterocycles. The molecule has 0 aliphatic carbocycles. The Hall–Kier alpha value is -0.360. The predicted octanol–water partition coefficient (Wildman–Crippen LogP) is 7.16. The molecule has 0 aliphatic rings. The van der Waals surface area contributed by atoms with E-state index in [-0.39, 0.29) is 5.97 Å². The van der Waals surface area contributed by atoms with E-state index in [1.165, 1.54) is 77.0 Å². The summed E-state index contributed by atoms with van der Waals surface area (Å²) in [6, 6.07) is 0. The minimum atomic E-state index is -2.31. The van der Waals surface area contributed by atoms with E-state index < -0.39 is 6.83 Å². The maximum atomic E-state index is 11.8. The van der Waals surface area contributed by atoms with Gasteiger partial charge in [0.15, 0.2) is 0 Å². The molecule has 0 radical (unpaired) electrons. The number of carbonyl (C=O) groups is 1. The van der Waals surface area contributed by atoms with Gasteiger partial charge < -0.3 is 0 Å². The van der Waals surface area contributed by atoms with Gasteiger partial charge in [-0.2, -0.15) is 0 Å². The van der Waals surface area contributed by atoms with E-state index in [1.54, 1.807) is 6.92 Å². The summed E-state index contributed by atoms with van der Waals surface area (Å²) in [5.41, 5.74) is 0.504. The summed E-state index contributed by atoms with van der Waals surface area (Å²) in [6.07, 6.45) is 17.3. The first-order valence-electron chi connectivity index (χ1n) is 10.1. The Bertz CT molecular complexity index is 366. The average molecular weight is 359 g/mol. The normalized spacial score (nSPS) is 13.3. The van der Waals surface area contributed by atoms with Crippen molar-refractivity contribution in [3.05, 3.63) is 12.2 Å². The molecule has 144 valence electrons. The topological polar surface area (TPSA) is 26.3 Å². The summed E-state index contributed by atoms with van der Waals surface area (Å²) in [4.78, 5) is 11.8. The zero-order chi connectivity index (χ0) is 18.5. The summed E-state index contributed by atoms with van der Waals surface area (Å²) in [7, 11) is 0. The minimum Gasteiger partial charge on any atom is -0.0654 e. The van der Waals surface area contributed by atoms with Gasteiger partial charge in [0, 0.05) is 0 Å². The molecule has 2 nitrogen and oxygen atoms in total. The standard InChI is InChI=1S/C21H43O2P/c1-7-8-9-10-11-12-13-14-15-16-17-18-19-24(4,5,6)23-21(22)20(2)3/h2,7-19H2,1,3-6H3. The Balaban J connectivity index is 3.61. The molecule has 0 aromatic carbocycles. The molecule has 0 aliphatic heterocycles.